The molecule has 0 fully saturated rings. The van der Waals surface area contributed by atoms with Crippen molar-refractivity contribution in [1.82, 2.24) is 14.5 Å². The van der Waals surface area contributed by atoms with E-state index in [0.717, 1.165) is 10.2 Å². The Kier molecular flexibility index (Phi) is 8.55. The van der Waals surface area contributed by atoms with Crippen molar-refractivity contribution in [3.8, 4) is 5.75 Å². The number of amides is 1. The predicted molar refractivity (Wildman–Crippen MR) is 135 cm³/mol. The van der Waals surface area contributed by atoms with Gasteiger partial charge in [0.2, 0.25) is 15.9 Å². The summed E-state index contributed by atoms with van der Waals surface area (Å²) in [6.45, 7) is 3.29. The number of anilines is 1. The minimum atomic E-state index is -3.86. The second-order valence-corrected chi connectivity index (χ2v) is 10.2. The maximum Gasteiger partial charge on any atom is 0.287 e. The first-order valence-corrected chi connectivity index (χ1v) is 12.7. The molecule has 3 rings (SSSR count). The second kappa shape index (κ2) is 11.2. The Hall–Kier alpha value is -2.92. The number of aromatic nitrogens is 2. The van der Waals surface area contributed by atoms with Gasteiger partial charge in [0.15, 0.2) is 0 Å². The van der Waals surface area contributed by atoms with Crippen LogP contribution in [-0.2, 0) is 21.2 Å². The van der Waals surface area contributed by atoms with Crippen molar-refractivity contribution in [1.29, 1.82) is 0 Å². The Morgan fingerprint density at radius 3 is 2.66 bits per heavy atom. The Morgan fingerprint density at radius 2 is 1.94 bits per heavy atom. The molecule has 35 heavy (non-hydrogen) atoms. The third-order valence-electron chi connectivity index (χ3n) is 5.23. The molecular formula is C23H24Cl2N4O5S. The summed E-state index contributed by atoms with van der Waals surface area (Å²) >= 11 is 11.6. The van der Waals surface area contributed by atoms with Crippen molar-refractivity contribution < 1.29 is 17.9 Å². The third kappa shape index (κ3) is 6.40. The van der Waals surface area contributed by atoms with E-state index in [1.165, 1.54) is 19.2 Å². The van der Waals surface area contributed by atoms with Crippen molar-refractivity contribution in [3.05, 3.63) is 80.2 Å². The molecule has 0 bridgehead atoms. The molecular weight excluding hydrogens is 515 g/mol. The van der Waals surface area contributed by atoms with Crippen molar-refractivity contribution in [2.75, 3.05) is 19.0 Å². The zero-order valence-electron chi connectivity index (χ0n) is 19.2. The summed E-state index contributed by atoms with van der Waals surface area (Å²) in [7, 11) is -2.29. The molecule has 186 valence electrons. The standard InChI is InChI=1S/C23H24Cl2N4O5S/c1-14-7-8-17(28-22(30)15(2)29-23(31)21(25)19(24)13-26-29)12-20(14)35(32,33)27-10-9-16-5-4-6-18(11-16)34-3/h4-8,11-13,15,27H,9-10H2,1-3H3,(H,28,30)/t15-/m0/s1. The molecule has 9 nitrogen and oxygen atoms in total. The molecule has 0 aliphatic carbocycles. The van der Waals surface area contributed by atoms with Crippen LogP contribution in [0.2, 0.25) is 10.0 Å². The largest absolute Gasteiger partial charge is 0.497 e. The zero-order chi connectivity index (χ0) is 25.8. The fourth-order valence-corrected chi connectivity index (χ4v) is 4.82. The Labute approximate surface area is 213 Å². The van der Waals surface area contributed by atoms with Gasteiger partial charge < -0.3 is 10.1 Å². The van der Waals surface area contributed by atoms with Crippen molar-refractivity contribution in [2.45, 2.75) is 31.2 Å². The topological polar surface area (TPSA) is 119 Å². The van der Waals surface area contributed by atoms with Gasteiger partial charge in [-0.2, -0.15) is 5.10 Å². The van der Waals surface area contributed by atoms with Crippen molar-refractivity contribution >= 4 is 44.8 Å². The van der Waals surface area contributed by atoms with E-state index in [1.807, 2.05) is 24.3 Å². The van der Waals surface area contributed by atoms with Gasteiger partial charge in [0, 0.05) is 12.2 Å². The van der Waals surface area contributed by atoms with Crippen LogP contribution in [0.25, 0.3) is 0 Å². The van der Waals surface area contributed by atoms with Crippen LogP contribution in [0, 0.1) is 6.92 Å². The van der Waals surface area contributed by atoms with Crippen LogP contribution >= 0.6 is 23.2 Å². The van der Waals surface area contributed by atoms with Gasteiger partial charge in [-0.25, -0.2) is 17.8 Å². The number of hydrogen-bond acceptors (Lipinski definition) is 6. The summed E-state index contributed by atoms with van der Waals surface area (Å²) in [6, 6.07) is 10.9. The third-order valence-corrected chi connectivity index (χ3v) is 7.58. The number of carbonyl (C=O) groups is 1. The lowest BCUT2D eigenvalue weighted by Crippen LogP contribution is -2.33. The van der Waals surface area contributed by atoms with Gasteiger partial charge in [0.25, 0.3) is 5.56 Å². The number of rotatable bonds is 9. The molecule has 1 atom stereocenters. The molecule has 0 aliphatic heterocycles. The second-order valence-electron chi connectivity index (χ2n) is 7.70. The fraction of sp³-hybridized carbons (Fsp3) is 0.261. The van der Waals surface area contributed by atoms with E-state index in [0.29, 0.717) is 17.7 Å². The SMILES string of the molecule is COc1cccc(CCNS(=O)(=O)c2cc(NC(=O)[C@H](C)n3ncc(Cl)c(Cl)c3=O)ccc2C)c1. The van der Waals surface area contributed by atoms with Crippen LogP contribution in [0.5, 0.6) is 5.75 Å². The normalized spacial score (nSPS) is 12.3. The lowest BCUT2D eigenvalue weighted by molar-refractivity contribution is -0.119. The summed E-state index contributed by atoms with van der Waals surface area (Å²) in [5.41, 5.74) is 0.959. The number of halogens is 2. The monoisotopic (exact) mass is 538 g/mol. The summed E-state index contributed by atoms with van der Waals surface area (Å²) in [5, 5.41) is 6.20. The van der Waals surface area contributed by atoms with E-state index in [9.17, 15) is 18.0 Å². The molecule has 1 amide bonds. The average Bonchev–Trinajstić information content (AvgIpc) is 2.83. The highest BCUT2D eigenvalue weighted by Gasteiger charge is 2.22. The molecule has 0 unspecified atom stereocenters. The highest BCUT2D eigenvalue weighted by molar-refractivity contribution is 7.89. The molecule has 1 heterocycles. The number of nitrogens with one attached hydrogen (secondary N) is 2. The number of methoxy groups -OCH3 is 1. The first-order valence-electron chi connectivity index (χ1n) is 10.5. The highest BCUT2D eigenvalue weighted by Crippen LogP contribution is 2.22. The van der Waals surface area contributed by atoms with Gasteiger partial charge in [0.05, 0.1) is 23.2 Å². The van der Waals surface area contributed by atoms with E-state index in [4.69, 9.17) is 27.9 Å². The molecule has 1 aromatic heterocycles. The van der Waals surface area contributed by atoms with E-state index < -0.39 is 27.5 Å². The molecule has 2 aromatic carbocycles. The van der Waals surface area contributed by atoms with Crippen LogP contribution in [0.3, 0.4) is 0 Å². The maximum atomic E-state index is 12.9. The quantitative estimate of drug-likeness (QED) is 0.429. The van der Waals surface area contributed by atoms with E-state index in [2.05, 4.69) is 15.1 Å². The fourth-order valence-electron chi connectivity index (χ4n) is 3.26. The van der Waals surface area contributed by atoms with Crippen LogP contribution in [-0.4, -0.2) is 37.8 Å². The summed E-state index contributed by atoms with van der Waals surface area (Å²) in [4.78, 5) is 25.0. The Balaban J connectivity index is 1.73. The smallest absolute Gasteiger partial charge is 0.287 e. The van der Waals surface area contributed by atoms with Crippen LogP contribution < -0.4 is 20.3 Å². The van der Waals surface area contributed by atoms with Gasteiger partial charge in [-0.05, 0) is 55.7 Å². The van der Waals surface area contributed by atoms with Gasteiger partial charge >= 0.3 is 0 Å². The molecule has 0 saturated heterocycles. The predicted octanol–water partition coefficient (Wildman–Crippen LogP) is 3.59. The number of nitrogens with zero attached hydrogens (tertiary/aromatic N) is 2. The number of ether oxygens (including phenoxy) is 1. The first kappa shape index (κ1) is 26.7. The number of sulfonamides is 1. The average molecular weight is 539 g/mol. The van der Waals surface area contributed by atoms with Crippen LogP contribution in [0.4, 0.5) is 5.69 Å². The molecule has 0 radical (unpaired) electrons. The summed E-state index contributed by atoms with van der Waals surface area (Å²) in [6.07, 6.45) is 1.64. The lowest BCUT2D eigenvalue weighted by Gasteiger charge is -2.16. The lowest BCUT2D eigenvalue weighted by atomic mass is 10.1. The van der Waals surface area contributed by atoms with Gasteiger partial charge in [-0.1, -0.05) is 41.4 Å². The number of hydrogen-bond donors (Lipinski definition) is 2. The molecule has 0 saturated carbocycles. The van der Waals surface area contributed by atoms with E-state index in [1.54, 1.807) is 26.2 Å². The molecule has 0 aliphatic rings. The highest BCUT2D eigenvalue weighted by atomic mass is 35.5. The summed E-state index contributed by atoms with van der Waals surface area (Å²) in [5.74, 6) is 0.105. The van der Waals surface area contributed by atoms with Gasteiger partial charge in [-0.15, -0.1) is 0 Å². The van der Waals surface area contributed by atoms with Crippen molar-refractivity contribution in [2.24, 2.45) is 0 Å². The summed E-state index contributed by atoms with van der Waals surface area (Å²) < 4.78 is 34.6. The van der Waals surface area contributed by atoms with Gasteiger partial charge in [0.1, 0.15) is 16.8 Å². The van der Waals surface area contributed by atoms with Crippen LogP contribution in [0.1, 0.15) is 24.1 Å². The van der Waals surface area contributed by atoms with Crippen molar-refractivity contribution in [3.63, 3.8) is 0 Å². The number of carbonyl (C=O) groups excluding carboxylic acids is 1. The maximum absolute atomic E-state index is 12.9. The molecule has 12 heteroatoms. The zero-order valence-corrected chi connectivity index (χ0v) is 21.5. The molecule has 0 spiro atoms. The number of aryl methyl sites for hydroxylation is 1. The minimum absolute atomic E-state index is 0.0205. The Bertz CT molecular complexity index is 1410. The van der Waals surface area contributed by atoms with E-state index >= 15 is 0 Å². The van der Waals surface area contributed by atoms with Gasteiger partial charge in [-0.3, -0.25) is 9.59 Å². The van der Waals surface area contributed by atoms with Crippen LogP contribution in [0.15, 0.2) is 58.4 Å². The minimum Gasteiger partial charge on any atom is -0.497 e. The first-order chi connectivity index (χ1) is 16.5. The molecule has 3 aromatic rings. The Morgan fingerprint density at radius 1 is 1.20 bits per heavy atom. The van der Waals surface area contributed by atoms with E-state index in [-0.39, 0.29) is 27.2 Å². The molecule has 2 N–H and O–H groups in total. The number of benzene rings is 2.